The third-order valence-corrected chi connectivity index (χ3v) is 4.56. The van der Waals surface area contributed by atoms with Crippen molar-refractivity contribution >= 4 is 15.7 Å². The van der Waals surface area contributed by atoms with Crippen molar-refractivity contribution in [1.29, 1.82) is 0 Å². The lowest BCUT2D eigenvalue weighted by Gasteiger charge is -2.10. The number of aromatic nitrogens is 1. The third-order valence-electron chi connectivity index (χ3n) is 3.13. The number of benzene rings is 1. The van der Waals surface area contributed by atoms with Gasteiger partial charge < -0.3 is 5.43 Å². The van der Waals surface area contributed by atoms with Crippen LogP contribution in [0.2, 0.25) is 0 Å². The molecule has 0 unspecified atom stereocenters. The Morgan fingerprint density at radius 1 is 1.14 bits per heavy atom. The van der Waals surface area contributed by atoms with Gasteiger partial charge in [-0.2, -0.15) is 0 Å². The normalized spacial score (nSPS) is 11.3. The fourth-order valence-corrected chi connectivity index (χ4v) is 2.99. The molecule has 0 aliphatic heterocycles. The van der Waals surface area contributed by atoms with Crippen LogP contribution in [-0.4, -0.2) is 13.4 Å². The number of nitrogens with zero attached hydrogens (tertiary/aromatic N) is 1. The first-order valence-corrected chi connectivity index (χ1v) is 8.03. The molecule has 21 heavy (non-hydrogen) atoms. The highest BCUT2D eigenvalue weighted by atomic mass is 32.2. The minimum absolute atomic E-state index is 0.0256. The van der Waals surface area contributed by atoms with Gasteiger partial charge in [0, 0.05) is 18.9 Å². The first kappa shape index (κ1) is 15.4. The van der Waals surface area contributed by atoms with E-state index in [1.807, 2.05) is 24.3 Å². The molecular formula is C14H18N4O2S. The Labute approximate surface area is 124 Å². The number of nitrogens with one attached hydrogen (secondary N) is 2. The number of hydrogen-bond donors (Lipinski definition) is 3. The van der Waals surface area contributed by atoms with Crippen LogP contribution in [0.5, 0.6) is 0 Å². The van der Waals surface area contributed by atoms with Crippen LogP contribution >= 0.6 is 0 Å². The maximum Gasteiger partial charge on any atom is 0.244 e. The number of anilines is 1. The first-order chi connectivity index (χ1) is 10.1. The molecule has 7 heteroatoms. The summed E-state index contributed by atoms with van der Waals surface area (Å²) in [5, 5.41) is 0. The molecule has 2 aromatic rings. The van der Waals surface area contributed by atoms with E-state index in [1.165, 1.54) is 24.0 Å². The molecule has 0 saturated carbocycles. The highest BCUT2D eigenvalue weighted by Gasteiger charge is 2.18. The zero-order valence-electron chi connectivity index (χ0n) is 11.7. The van der Waals surface area contributed by atoms with E-state index in [0.29, 0.717) is 5.69 Å². The molecule has 0 fully saturated rings. The molecule has 112 valence electrons. The second kappa shape index (κ2) is 6.66. The number of aryl methyl sites for hydroxylation is 1. The van der Waals surface area contributed by atoms with Crippen LogP contribution in [0.25, 0.3) is 0 Å². The summed E-state index contributed by atoms with van der Waals surface area (Å²) in [4.78, 5) is 3.85. The van der Waals surface area contributed by atoms with Crippen LogP contribution in [0.1, 0.15) is 18.1 Å². The van der Waals surface area contributed by atoms with E-state index in [4.69, 9.17) is 5.84 Å². The summed E-state index contributed by atoms with van der Waals surface area (Å²) in [5.41, 5.74) is 4.76. The molecule has 1 aromatic carbocycles. The number of hydrazine groups is 1. The standard InChI is InChI=1S/C14H18N4O2S/c1-2-11-3-5-12(6-4-11)9-17-21(19,20)14-10-16-8-7-13(14)18-15/h3-8,10,17H,2,9,15H2,1H3,(H,16,18). The van der Waals surface area contributed by atoms with Crippen molar-refractivity contribution in [2.45, 2.75) is 24.8 Å². The quantitative estimate of drug-likeness (QED) is 0.554. The van der Waals surface area contributed by atoms with Gasteiger partial charge >= 0.3 is 0 Å². The van der Waals surface area contributed by atoms with E-state index in [2.05, 4.69) is 22.1 Å². The molecule has 0 aliphatic carbocycles. The van der Waals surface area contributed by atoms with Gasteiger partial charge in [-0.3, -0.25) is 10.8 Å². The van der Waals surface area contributed by atoms with Crippen LogP contribution in [0, 0.1) is 0 Å². The van der Waals surface area contributed by atoms with Crippen LogP contribution in [0.3, 0.4) is 0 Å². The van der Waals surface area contributed by atoms with Crippen LogP contribution in [0.15, 0.2) is 47.6 Å². The maximum absolute atomic E-state index is 12.3. The molecule has 0 spiro atoms. The largest absolute Gasteiger partial charge is 0.323 e. The topological polar surface area (TPSA) is 97.1 Å². The Morgan fingerprint density at radius 3 is 2.43 bits per heavy atom. The van der Waals surface area contributed by atoms with Crippen molar-refractivity contribution in [2.24, 2.45) is 5.84 Å². The maximum atomic E-state index is 12.3. The second-order valence-corrected chi connectivity index (χ2v) is 6.25. The molecule has 1 heterocycles. The van der Waals surface area contributed by atoms with Gasteiger partial charge in [0.05, 0.1) is 5.69 Å². The van der Waals surface area contributed by atoms with Gasteiger partial charge in [0.15, 0.2) is 0 Å². The predicted octanol–water partition coefficient (Wildman–Crippen LogP) is 1.41. The average molecular weight is 306 g/mol. The van der Waals surface area contributed by atoms with Crippen molar-refractivity contribution in [3.63, 3.8) is 0 Å². The van der Waals surface area contributed by atoms with Crippen LogP contribution in [-0.2, 0) is 23.0 Å². The first-order valence-electron chi connectivity index (χ1n) is 6.55. The Hall–Kier alpha value is -1.96. The number of rotatable bonds is 6. The fourth-order valence-electron chi connectivity index (χ4n) is 1.86. The van der Waals surface area contributed by atoms with E-state index in [0.717, 1.165) is 12.0 Å². The third kappa shape index (κ3) is 3.78. The predicted molar refractivity (Wildman–Crippen MR) is 81.9 cm³/mol. The van der Waals surface area contributed by atoms with Gasteiger partial charge in [-0.15, -0.1) is 0 Å². The lowest BCUT2D eigenvalue weighted by molar-refractivity contribution is 0.581. The lowest BCUT2D eigenvalue weighted by atomic mass is 10.1. The van der Waals surface area contributed by atoms with Gasteiger partial charge in [0.25, 0.3) is 0 Å². The van der Waals surface area contributed by atoms with Crippen molar-refractivity contribution in [3.8, 4) is 0 Å². The molecule has 0 aliphatic rings. The highest BCUT2D eigenvalue weighted by molar-refractivity contribution is 7.89. The summed E-state index contributed by atoms with van der Waals surface area (Å²) in [6.45, 7) is 2.28. The highest BCUT2D eigenvalue weighted by Crippen LogP contribution is 2.18. The van der Waals surface area contributed by atoms with Crippen molar-refractivity contribution in [2.75, 3.05) is 5.43 Å². The van der Waals surface area contributed by atoms with Crippen LogP contribution in [0.4, 0.5) is 5.69 Å². The second-order valence-electron chi connectivity index (χ2n) is 4.51. The molecule has 6 nitrogen and oxygen atoms in total. The number of nitrogen functional groups attached to an aromatic ring is 1. The number of hydrogen-bond acceptors (Lipinski definition) is 5. The minimum atomic E-state index is -3.67. The zero-order valence-corrected chi connectivity index (χ0v) is 12.5. The van der Waals surface area contributed by atoms with Crippen molar-refractivity contribution < 1.29 is 8.42 Å². The van der Waals surface area contributed by atoms with Gasteiger partial charge in [0.1, 0.15) is 4.90 Å². The number of sulfonamides is 1. The zero-order chi connectivity index (χ0) is 15.3. The molecule has 4 N–H and O–H groups in total. The van der Waals surface area contributed by atoms with E-state index >= 15 is 0 Å². The monoisotopic (exact) mass is 306 g/mol. The Balaban J connectivity index is 2.13. The molecule has 0 radical (unpaired) electrons. The molecule has 2 rings (SSSR count). The molecule has 0 atom stereocenters. The molecule has 0 amide bonds. The summed E-state index contributed by atoms with van der Waals surface area (Å²) in [6.07, 6.45) is 3.68. The summed E-state index contributed by atoms with van der Waals surface area (Å²) in [6, 6.07) is 9.30. The number of nitrogens with two attached hydrogens (primary N) is 1. The smallest absolute Gasteiger partial charge is 0.244 e. The average Bonchev–Trinajstić information content (AvgIpc) is 2.53. The Kier molecular flexibility index (Phi) is 4.89. The van der Waals surface area contributed by atoms with E-state index in [-0.39, 0.29) is 11.4 Å². The fraction of sp³-hybridized carbons (Fsp3) is 0.214. The van der Waals surface area contributed by atoms with E-state index < -0.39 is 10.0 Å². The van der Waals surface area contributed by atoms with Gasteiger partial charge in [-0.25, -0.2) is 13.1 Å². The molecule has 0 saturated heterocycles. The summed E-state index contributed by atoms with van der Waals surface area (Å²) in [5.74, 6) is 5.32. The molecular weight excluding hydrogens is 288 g/mol. The minimum Gasteiger partial charge on any atom is -0.323 e. The summed E-state index contributed by atoms with van der Waals surface area (Å²) >= 11 is 0. The Bertz CT molecular complexity index is 699. The van der Waals surface area contributed by atoms with E-state index in [1.54, 1.807) is 0 Å². The summed E-state index contributed by atoms with van der Waals surface area (Å²) < 4.78 is 27.1. The van der Waals surface area contributed by atoms with Crippen molar-refractivity contribution in [1.82, 2.24) is 9.71 Å². The van der Waals surface area contributed by atoms with Crippen molar-refractivity contribution in [3.05, 3.63) is 53.9 Å². The lowest BCUT2D eigenvalue weighted by Crippen LogP contribution is -2.25. The SMILES string of the molecule is CCc1ccc(CNS(=O)(=O)c2cnccc2NN)cc1. The molecule has 0 bridgehead atoms. The summed E-state index contributed by atoms with van der Waals surface area (Å²) in [7, 11) is -3.67. The Morgan fingerprint density at radius 2 is 1.81 bits per heavy atom. The van der Waals surface area contributed by atoms with Gasteiger partial charge in [-0.05, 0) is 23.6 Å². The van der Waals surface area contributed by atoms with Gasteiger partial charge in [-0.1, -0.05) is 31.2 Å². The van der Waals surface area contributed by atoms with Crippen LogP contribution < -0.4 is 16.0 Å². The molecule has 1 aromatic heterocycles. The van der Waals surface area contributed by atoms with E-state index in [9.17, 15) is 8.42 Å². The number of pyridine rings is 1. The van der Waals surface area contributed by atoms with Gasteiger partial charge in [0.2, 0.25) is 10.0 Å².